The van der Waals surface area contributed by atoms with Gasteiger partial charge in [0, 0.05) is 42.8 Å². The van der Waals surface area contributed by atoms with Crippen molar-refractivity contribution in [1.29, 1.82) is 0 Å². The fraction of sp³-hybridized carbons (Fsp3) is 0.318. The van der Waals surface area contributed by atoms with Crippen LogP contribution in [-0.2, 0) is 6.54 Å². The van der Waals surface area contributed by atoms with Gasteiger partial charge in [-0.05, 0) is 44.4 Å². The lowest BCUT2D eigenvalue weighted by atomic mass is 10.1. The number of amides is 1. The smallest absolute Gasteiger partial charge is 0.252 e. The number of carbonyl (C=O) groups excluding carboxylic acids is 1. The molecule has 4 aromatic heterocycles. The number of nitrogens with one attached hydrogen (secondary N) is 1. The average molecular weight is 401 g/mol. The summed E-state index contributed by atoms with van der Waals surface area (Å²) in [5.74, 6) is 1.12. The van der Waals surface area contributed by atoms with Crippen LogP contribution in [0.4, 0.5) is 0 Å². The summed E-state index contributed by atoms with van der Waals surface area (Å²) >= 11 is 0. The van der Waals surface area contributed by atoms with Gasteiger partial charge in [-0.3, -0.25) is 9.36 Å². The highest BCUT2D eigenvalue weighted by atomic mass is 16.1. The number of carbonyl (C=O) groups is 1. The van der Waals surface area contributed by atoms with Crippen LogP contribution < -0.4 is 5.32 Å². The van der Waals surface area contributed by atoms with Gasteiger partial charge < -0.3 is 5.32 Å². The first-order valence-corrected chi connectivity index (χ1v) is 10.2. The van der Waals surface area contributed by atoms with Gasteiger partial charge in [0.05, 0.1) is 17.1 Å². The second-order valence-electron chi connectivity index (χ2n) is 7.97. The molecule has 8 nitrogen and oxygen atoms in total. The van der Waals surface area contributed by atoms with Crippen molar-refractivity contribution in [1.82, 2.24) is 34.6 Å². The Morgan fingerprint density at radius 2 is 2.13 bits per heavy atom. The van der Waals surface area contributed by atoms with E-state index in [1.165, 1.54) is 0 Å². The lowest BCUT2D eigenvalue weighted by Gasteiger charge is -2.11. The Hall–Kier alpha value is -3.55. The molecular weight excluding hydrogens is 378 g/mol. The summed E-state index contributed by atoms with van der Waals surface area (Å²) in [4.78, 5) is 26.3. The Morgan fingerprint density at radius 1 is 1.27 bits per heavy atom. The summed E-state index contributed by atoms with van der Waals surface area (Å²) in [5.41, 5.74) is 3.34. The fourth-order valence-electron chi connectivity index (χ4n) is 3.54. The Balaban J connectivity index is 1.38. The number of hydrogen-bond acceptors (Lipinski definition) is 5. The van der Waals surface area contributed by atoms with Crippen LogP contribution >= 0.6 is 0 Å². The number of rotatable bonds is 6. The standard InChI is InChI=1S/C22H23N7O/c1-14(2)29-21-18(12-26-29)17(9-19(27-21)16-4-5-16)22(30)25-11-15-3-6-20(24-10-15)28-8-7-23-13-28/h3,6-10,12-14,16H,4-5,11H2,1-2H3,(H,25,30). The maximum Gasteiger partial charge on any atom is 0.252 e. The second kappa shape index (κ2) is 7.37. The molecule has 0 bridgehead atoms. The van der Waals surface area contributed by atoms with Crippen molar-refractivity contribution >= 4 is 16.9 Å². The Bertz CT molecular complexity index is 1190. The molecule has 1 saturated carbocycles. The largest absolute Gasteiger partial charge is 0.348 e. The first-order chi connectivity index (χ1) is 14.6. The summed E-state index contributed by atoms with van der Waals surface area (Å²) in [6.45, 7) is 4.53. The van der Waals surface area contributed by atoms with Gasteiger partial charge in [0.25, 0.3) is 5.91 Å². The number of fused-ring (bicyclic) bond motifs is 1. The number of pyridine rings is 2. The second-order valence-corrected chi connectivity index (χ2v) is 7.97. The predicted octanol–water partition coefficient (Wildman–Crippen LogP) is 3.40. The van der Waals surface area contributed by atoms with Crippen molar-refractivity contribution in [2.24, 2.45) is 0 Å². The minimum absolute atomic E-state index is 0.119. The molecule has 1 aliphatic carbocycles. The quantitative estimate of drug-likeness (QED) is 0.535. The van der Waals surface area contributed by atoms with E-state index in [2.05, 4.69) is 34.2 Å². The third kappa shape index (κ3) is 3.45. The minimum Gasteiger partial charge on any atom is -0.348 e. The van der Waals surface area contributed by atoms with Gasteiger partial charge in [0.15, 0.2) is 5.65 Å². The molecule has 0 unspecified atom stereocenters. The summed E-state index contributed by atoms with van der Waals surface area (Å²) < 4.78 is 3.72. The van der Waals surface area contributed by atoms with Crippen LogP contribution in [0, 0.1) is 0 Å². The van der Waals surface area contributed by atoms with E-state index < -0.39 is 0 Å². The molecular formula is C22H23N7O. The molecule has 1 aliphatic rings. The van der Waals surface area contributed by atoms with Crippen molar-refractivity contribution in [3.8, 4) is 5.82 Å². The van der Waals surface area contributed by atoms with Gasteiger partial charge in [0.2, 0.25) is 0 Å². The van der Waals surface area contributed by atoms with Crippen LogP contribution in [0.1, 0.15) is 60.3 Å². The van der Waals surface area contributed by atoms with Crippen LogP contribution in [0.3, 0.4) is 0 Å². The van der Waals surface area contributed by atoms with Crippen LogP contribution in [0.15, 0.2) is 49.3 Å². The van der Waals surface area contributed by atoms with Gasteiger partial charge in [0.1, 0.15) is 12.1 Å². The number of imidazole rings is 1. The Kier molecular flexibility index (Phi) is 4.54. The number of nitrogens with zero attached hydrogens (tertiary/aromatic N) is 6. The highest BCUT2D eigenvalue weighted by Gasteiger charge is 2.28. The maximum absolute atomic E-state index is 13.1. The molecule has 152 valence electrons. The summed E-state index contributed by atoms with van der Waals surface area (Å²) in [7, 11) is 0. The molecule has 0 spiro atoms. The van der Waals surface area contributed by atoms with Gasteiger partial charge in [-0.1, -0.05) is 6.07 Å². The zero-order valence-electron chi connectivity index (χ0n) is 17.0. The molecule has 0 aliphatic heterocycles. The zero-order valence-corrected chi connectivity index (χ0v) is 17.0. The lowest BCUT2D eigenvalue weighted by molar-refractivity contribution is 0.0952. The molecule has 0 aromatic carbocycles. The van der Waals surface area contributed by atoms with Gasteiger partial charge in [-0.15, -0.1) is 0 Å². The average Bonchev–Trinajstić information content (AvgIpc) is 3.28. The summed E-state index contributed by atoms with van der Waals surface area (Å²) in [6, 6.07) is 5.98. The molecule has 0 atom stereocenters. The van der Waals surface area contributed by atoms with Gasteiger partial charge in [-0.2, -0.15) is 5.10 Å². The minimum atomic E-state index is -0.119. The van der Waals surface area contributed by atoms with Crippen molar-refractivity contribution < 1.29 is 4.79 Å². The van der Waals surface area contributed by atoms with E-state index >= 15 is 0 Å². The summed E-state index contributed by atoms with van der Waals surface area (Å²) in [5, 5.41) is 8.28. The van der Waals surface area contributed by atoms with Crippen molar-refractivity contribution in [2.75, 3.05) is 0 Å². The topological polar surface area (TPSA) is 90.5 Å². The normalized spacial score (nSPS) is 13.8. The summed E-state index contributed by atoms with van der Waals surface area (Å²) in [6.07, 6.45) is 11.0. The number of aromatic nitrogens is 6. The van der Waals surface area contributed by atoms with E-state index in [-0.39, 0.29) is 11.9 Å². The maximum atomic E-state index is 13.1. The SMILES string of the molecule is CC(C)n1ncc2c(C(=O)NCc3ccc(-n4ccnc4)nc3)cc(C3CC3)nc21. The molecule has 4 heterocycles. The Labute approximate surface area is 174 Å². The molecule has 4 aromatic rings. The molecule has 1 amide bonds. The Morgan fingerprint density at radius 3 is 2.80 bits per heavy atom. The van der Waals surface area contributed by atoms with E-state index in [1.807, 2.05) is 33.6 Å². The third-order valence-electron chi connectivity index (χ3n) is 5.35. The van der Waals surface area contributed by atoms with E-state index in [4.69, 9.17) is 4.98 Å². The molecule has 1 fully saturated rings. The van der Waals surface area contributed by atoms with E-state index in [9.17, 15) is 4.79 Å². The van der Waals surface area contributed by atoms with Crippen LogP contribution in [-0.4, -0.2) is 35.2 Å². The van der Waals surface area contributed by atoms with Gasteiger partial charge in [-0.25, -0.2) is 19.6 Å². The molecule has 5 rings (SSSR count). The first-order valence-electron chi connectivity index (χ1n) is 10.2. The monoisotopic (exact) mass is 401 g/mol. The van der Waals surface area contributed by atoms with E-state index in [1.54, 1.807) is 24.9 Å². The van der Waals surface area contributed by atoms with E-state index in [0.29, 0.717) is 18.0 Å². The van der Waals surface area contributed by atoms with Gasteiger partial charge >= 0.3 is 0 Å². The van der Waals surface area contributed by atoms with E-state index in [0.717, 1.165) is 41.0 Å². The zero-order chi connectivity index (χ0) is 20.7. The molecule has 0 radical (unpaired) electrons. The van der Waals surface area contributed by atoms with Crippen molar-refractivity contribution in [3.05, 3.63) is 66.1 Å². The van der Waals surface area contributed by atoms with Crippen molar-refractivity contribution in [2.45, 2.75) is 45.2 Å². The first kappa shape index (κ1) is 18.5. The predicted molar refractivity (Wildman–Crippen MR) is 112 cm³/mol. The number of hydrogen-bond donors (Lipinski definition) is 1. The molecule has 1 N–H and O–H groups in total. The van der Waals surface area contributed by atoms with Crippen LogP contribution in [0.5, 0.6) is 0 Å². The fourth-order valence-corrected chi connectivity index (χ4v) is 3.54. The highest BCUT2D eigenvalue weighted by Crippen LogP contribution is 2.40. The molecule has 8 heteroatoms. The van der Waals surface area contributed by atoms with Crippen LogP contribution in [0.25, 0.3) is 16.9 Å². The van der Waals surface area contributed by atoms with Crippen molar-refractivity contribution in [3.63, 3.8) is 0 Å². The van der Waals surface area contributed by atoms with Crippen LogP contribution in [0.2, 0.25) is 0 Å². The lowest BCUT2D eigenvalue weighted by Crippen LogP contribution is -2.23. The third-order valence-corrected chi connectivity index (χ3v) is 5.35. The highest BCUT2D eigenvalue weighted by molar-refractivity contribution is 6.05. The molecule has 0 saturated heterocycles. The molecule has 30 heavy (non-hydrogen) atoms.